The fourth-order valence-electron chi connectivity index (χ4n) is 3.15. The summed E-state index contributed by atoms with van der Waals surface area (Å²) in [6.07, 6.45) is 1.12. The Morgan fingerprint density at radius 3 is 2.06 bits per heavy atom. The summed E-state index contributed by atoms with van der Waals surface area (Å²) in [6.45, 7) is 0.447. The first kappa shape index (κ1) is 21.5. The highest BCUT2D eigenvalue weighted by molar-refractivity contribution is 6.16. The molecule has 1 amide bonds. The highest BCUT2D eigenvalue weighted by atomic mass is 16.4. The summed E-state index contributed by atoms with van der Waals surface area (Å²) in [5.74, 6) is -3.04. The fourth-order valence-corrected chi connectivity index (χ4v) is 3.15. The summed E-state index contributed by atoms with van der Waals surface area (Å²) in [6, 6.07) is 23.8. The van der Waals surface area contributed by atoms with Crippen LogP contribution in [0.25, 0.3) is 17.2 Å². The van der Waals surface area contributed by atoms with Crippen molar-refractivity contribution in [3.8, 4) is 11.1 Å². The summed E-state index contributed by atoms with van der Waals surface area (Å²) in [7, 11) is 1.76. The van der Waals surface area contributed by atoms with Gasteiger partial charge >= 0.3 is 11.9 Å². The van der Waals surface area contributed by atoms with E-state index in [2.05, 4.69) is 0 Å². The van der Waals surface area contributed by atoms with E-state index in [0.29, 0.717) is 17.7 Å². The number of carbonyl (C=O) groups is 3. The van der Waals surface area contributed by atoms with Crippen molar-refractivity contribution in [1.82, 2.24) is 4.90 Å². The van der Waals surface area contributed by atoms with Gasteiger partial charge in [-0.1, -0.05) is 60.7 Å². The molecular weight excluding hydrogens is 394 g/mol. The largest absolute Gasteiger partial charge is 0.477 e. The molecule has 156 valence electrons. The molecule has 6 heteroatoms. The number of amides is 1. The lowest BCUT2D eigenvalue weighted by Gasteiger charge is -2.18. The number of carbonyl (C=O) groups excluding carboxylic acids is 1. The Kier molecular flexibility index (Phi) is 6.62. The van der Waals surface area contributed by atoms with Gasteiger partial charge in [-0.05, 0) is 46.5 Å². The van der Waals surface area contributed by atoms with Crippen LogP contribution in [-0.4, -0.2) is 40.0 Å². The van der Waals surface area contributed by atoms with Crippen LogP contribution < -0.4 is 0 Å². The van der Waals surface area contributed by atoms with Gasteiger partial charge < -0.3 is 15.1 Å². The van der Waals surface area contributed by atoms with Crippen LogP contribution in [0.15, 0.2) is 84.4 Å². The Bertz CT molecular complexity index is 1120. The third-order valence-electron chi connectivity index (χ3n) is 4.73. The van der Waals surface area contributed by atoms with Crippen LogP contribution in [-0.2, 0) is 16.1 Å². The van der Waals surface area contributed by atoms with Crippen molar-refractivity contribution in [1.29, 1.82) is 0 Å². The lowest BCUT2D eigenvalue weighted by atomic mass is 10.0. The number of benzene rings is 3. The first-order valence-corrected chi connectivity index (χ1v) is 9.53. The molecule has 0 aliphatic heterocycles. The summed E-state index contributed by atoms with van der Waals surface area (Å²) >= 11 is 0. The van der Waals surface area contributed by atoms with Crippen LogP contribution in [0.4, 0.5) is 0 Å². The third-order valence-corrected chi connectivity index (χ3v) is 4.73. The van der Waals surface area contributed by atoms with E-state index >= 15 is 0 Å². The van der Waals surface area contributed by atoms with E-state index in [1.165, 1.54) is 0 Å². The molecule has 31 heavy (non-hydrogen) atoms. The maximum absolute atomic E-state index is 12.6. The van der Waals surface area contributed by atoms with Crippen LogP contribution in [0, 0.1) is 0 Å². The van der Waals surface area contributed by atoms with E-state index in [1.54, 1.807) is 48.3 Å². The number of hydrogen-bond donors (Lipinski definition) is 2. The third kappa shape index (κ3) is 5.45. The number of carboxylic acids is 2. The van der Waals surface area contributed by atoms with E-state index in [-0.39, 0.29) is 5.91 Å². The molecule has 0 unspecified atom stereocenters. The molecule has 2 N–H and O–H groups in total. The first-order valence-electron chi connectivity index (χ1n) is 9.53. The Hall–Kier alpha value is -4.19. The average molecular weight is 415 g/mol. The van der Waals surface area contributed by atoms with E-state index in [4.69, 9.17) is 10.2 Å². The molecule has 3 aromatic carbocycles. The molecular formula is C25H21NO5. The van der Waals surface area contributed by atoms with Crippen LogP contribution in [0.2, 0.25) is 0 Å². The molecule has 6 nitrogen and oxygen atoms in total. The van der Waals surface area contributed by atoms with Crippen molar-refractivity contribution >= 4 is 23.9 Å². The molecule has 0 saturated carbocycles. The molecule has 3 rings (SSSR count). The van der Waals surface area contributed by atoms with Gasteiger partial charge in [-0.15, -0.1) is 0 Å². The molecule has 0 fully saturated rings. The zero-order valence-corrected chi connectivity index (χ0v) is 16.9. The van der Waals surface area contributed by atoms with Gasteiger partial charge in [0.25, 0.3) is 5.91 Å². The van der Waals surface area contributed by atoms with E-state index in [0.717, 1.165) is 22.8 Å². The quantitative estimate of drug-likeness (QED) is 0.343. The smallest absolute Gasteiger partial charge is 0.343 e. The van der Waals surface area contributed by atoms with Crippen molar-refractivity contribution in [3.63, 3.8) is 0 Å². The summed E-state index contributed by atoms with van der Waals surface area (Å²) in [4.78, 5) is 36.3. The first-order chi connectivity index (χ1) is 14.8. The molecule has 0 aliphatic carbocycles. The SMILES string of the molecule is CN(Cc1cccc(-c2ccc(C=C(C(=O)O)C(=O)O)cc2)c1)C(=O)c1ccccc1. The molecule has 0 spiro atoms. The number of carboxylic acid groups (broad SMARTS) is 2. The number of aliphatic carboxylic acids is 2. The summed E-state index contributed by atoms with van der Waals surface area (Å²) < 4.78 is 0. The van der Waals surface area contributed by atoms with Gasteiger partial charge in [-0.2, -0.15) is 0 Å². The van der Waals surface area contributed by atoms with Gasteiger partial charge in [-0.25, -0.2) is 9.59 Å². The molecule has 0 aliphatic rings. The second-order valence-electron chi connectivity index (χ2n) is 7.02. The molecule has 0 bridgehead atoms. The van der Waals surface area contributed by atoms with Gasteiger partial charge in [0.15, 0.2) is 0 Å². The summed E-state index contributed by atoms with van der Waals surface area (Å²) in [5, 5.41) is 17.9. The molecule has 0 heterocycles. The Balaban J connectivity index is 1.77. The van der Waals surface area contributed by atoms with Crippen molar-refractivity contribution < 1.29 is 24.6 Å². The van der Waals surface area contributed by atoms with Crippen LogP contribution in [0.5, 0.6) is 0 Å². The van der Waals surface area contributed by atoms with E-state index in [9.17, 15) is 14.4 Å². The van der Waals surface area contributed by atoms with Crippen molar-refractivity contribution in [2.24, 2.45) is 0 Å². The second-order valence-corrected chi connectivity index (χ2v) is 7.02. The zero-order chi connectivity index (χ0) is 22.4. The maximum atomic E-state index is 12.6. The minimum absolute atomic E-state index is 0.0604. The Labute approximate surface area is 179 Å². The predicted molar refractivity (Wildman–Crippen MR) is 117 cm³/mol. The number of nitrogens with zero attached hydrogens (tertiary/aromatic N) is 1. The predicted octanol–water partition coefficient (Wildman–Crippen LogP) is 4.18. The van der Waals surface area contributed by atoms with Crippen molar-refractivity contribution in [2.75, 3.05) is 7.05 Å². The topological polar surface area (TPSA) is 94.9 Å². The highest BCUT2D eigenvalue weighted by Crippen LogP contribution is 2.23. The average Bonchev–Trinajstić information content (AvgIpc) is 2.77. The van der Waals surface area contributed by atoms with Gasteiger partial charge in [0.2, 0.25) is 0 Å². The van der Waals surface area contributed by atoms with E-state index in [1.807, 2.05) is 42.5 Å². The maximum Gasteiger partial charge on any atom is 0.343 e. The molecule has 0 aromatic heterocycles. The molecule has 0 atom stereocenters. The second kappa shape index (κ2) is 9.54. The fraction of sp³-hybridized carbons (Fsp3) is 0.0800. The molecule has 3 aromatic rings. The lowest BCUT2D eigenvalue weighted by Crippen LogP contribution is -2.26. The van der Waals surface area contributed by atoms with Gasteiger partial charge in [0, 0.05) is 19.2 Å². The Morgan fingerprint density at radius 1 is 0.806 bits per heavy atom. The van der Waals surface area contributed by atoms with Crippen LogP contribution in [0.1, 0.15) is 21.5 Å². The highest BCUT2D eigenvalue weighted by Gasteiger charge is 2.16. The van der Waals surface area contributed by atoms with E-state index < -0.39 is 17.5 Å². The Morgan fingerprint density at radius 2 is 1.45 bits per heavy atom. The van der Waals surface area contributed by atoms with Crippen LogP contribution >= 0.6 is 0 Å². The van der Waals surface area contributed by atoms with Crippen molar-refractivity contribution in [2.45, 2.75) is 6.54 Å². The molecule has 0 radical (unpaired) electrons. The molecule has 0 saturated heterocycles. The number of rotatable bonds is 7. The monoisotopic (exact) mass is 415 g/mol. The summed E-state index contributed by atoms with van der Waals surface area (Å²) in [5.41, 5.74) is 3.21. The van der Waals surface area contributed by atoms with Gasteiger partial charge in [0.05, 0.1) is 0 Å². The minimum Gasteiger partial charge on any atom is -0.477 e. The zero-order valence-electron chi connectivity index (χ0n) is 16.9. The van der Waals surface area contributed by atoms with Gasteiger partial charge in [0.1, 0.15) is 5.57 Å². The normalized spacial score (nSPS) is 10.2. The van der Waals surface area contributed by atoms with Crippen molar-refractivity contribution in [3.05, 3.63) is 101 Å². The standard InChI is InChI=1S/C25H21NO5/c1-26(23(27)20-7-3-2-4-8-20)16-18-6-5-9-21(14-18)19-12-10-17(11-13-19)15-22(24(28)29)25(30)31/h2-15H,16H2,1H3,(H,28,29)(H,30,31). The lowest BCUT2D eigenvalue weighted by molar-refractivity contribution is -0.140. The van der Waals surface area contributed by atoms with Gasteiger partial charge in [-0.3, -0.25) is 4.79 Å². The minimum atomic E-state index is -1.49. The van der Waals surface area contributed by atoms with Crippen LogP contribution in [0.3, 0.4) is 0 Å². The number of hydrogen-bond acceptors (Lipinski definition) is 3.